The van der Waals surface area contributed by atoms with Crippen LogP contribution in [0.15, 0.2) is 23.1 Å². The molecule has 2 rings (SSSR count). The average Bonchev–Trinajstić information content (AvgIpc) is 2.63. The molecule has 1 aromatic carbocycles. The zero-order chi connectivity index (χ0) is 16.5. The minimum Gasteiger partial charge on any atom is -0.282 e. The Kier molecular flexibility index (Phi) is 5.14. The van der Waals surface area contributed by atoms with Crippen LogP contribution in [0.2, 0.25) is 10.0 Å². The molecule has 8 heteroatoms. The molecule has 120 valence electrons. The van der Waals surface area contributed by atoms with E-state index in [9.17, 15) is 18.0 Å². The number of carbonyl (C=O) groups is 2. The van der Waals surface area contributed by atoms with Gasteiger partial charge in [0, 0.05) is 13.5 Å². The molecule has 5 nitrogen and oxygen atoms in total. The van der Waals surface area contributed by atoms with Gasteiger partial charge in [-0.25, -0.2) is 8.42 Å². The Labute approximate surface area is 139 Å². The first-order chi connectivity index (χ1) is 10.2. The molecule has 0 radical (unpaired) electrons. The Morgan fingerprint density at radius 1 is 1.23 bits per heavy atom. The highest BCUT2D eigenvalue weighted by molar-refractivity contribution is 7.92. The number of hydrogen-bond donors (Lipinski definition) is 0. The number of sulfone groups is 1. The maximum absolute atomic E-state index is 12.7. The van der Waals surface area contributed by atoms with E-state index in [0.29, 0.717) is 12.8 Å². The standard InChI is InChI=1S/C14H15Cl2NO4S/c1-9(18)17-7-3-2-4-13(14(17)19)22(20,21)10-5-6-11(15)12(16)8-10/h5-6,8,13H,2-4,7H2,1H3. The smallest absolute Gasteiger partial charge is 0.247 e. The van der Waals surface area contributed by atoms with E-state index in [4.69, 9.17) is 23.2 Å². The van der Waals surface area contributed by atoms with Crippen LogP contribution in [0.1, 0.15) is 26.2 Å². The molecular weight excluding hydrogens is 349 g/mol. The minimum absolute atomic E-state index is 0.0642. The number of amides is 2. The van der Waals surface area contributed by atoms with Crippen molar-refractivity contribution in [1.29, 1.82) is 0 Å². The van der Waals surface area contributed by atoms with Crippen LogP contribution < -0.4 is 0 Å². The normalized spacial score (nSPS) is 19.9. The van der Waals surface area contributed by atoms with E-state index in [2.05, 4.69) is 0 Å². The fourth-order valence-corrected chi connectivity index (χ4v) is 4.53. The lowest BCUT2D eigenvalue weighted by molar-refractivity contribution is -0.142. The van der Waals surface area contributed by atoms with Crippen molar-refractivity contribution >= 4 is 44.9 Å². The summed E-state index contributed by atoms with van der Waals surface area (Å²) in [7, 11) is -3.93. The maximum atomic E-state index is 12.7. The van der Waals surface area contributed by atoms with Crippen LogP contribution in [-0.2, 0) is 19.4 Å². The van der Waals surface area contributed by atoms with Crippen molar-refractivity contribution in [3.63, 3.8) is 0 Å². The number of likely N-dealkylation sites (tertiary alicyclic amines) is 1. The summed E-state index contributed by atoms with van der Waals surface area (Å²) >= 11 is 11.7. The summed E-state index contributed by atoms with van der Waals surface area (Å²) in [6, 6.07) is 3.93. The quantitative estimate of drug-likeness (QED) is 0.809. The number of benzene rings is 1. The Morgan fingerprint density at radius 3 is 2.50 bits per heavy atom. The molecule has 1 saturated heterocycles. The van der Waals surface area contributed by atoms with E-state index in [1.807, 2.05) is 0 Å². The Hall–Kier alpha value is -1.11. The number of carbonyl (C=O) groups excluding carboxylic acids is 2. The van der Waals surface area contributed by atoms with Gasteiger partial charge in [-0.05, 0) is 37.5 Å². The average molecular weight is 364 g/mol. The lowest BCUT2D eigenvalue weighted by Gasteiger charge is -2.21. The van der Waals surface area contributed by atoms with Crippen LogP contribution in [0.3, 0.4) is 0 Å². The summed E-state index contributed by atoms with van der Waals surface area (Å²) in [5.74, 6) is -1.11. The highest BCUT2D eigenvalue weighted by atomic mass is 35.5. The number of nitrogens with zero attached hydrogens (tertiary/aromatic N) is 1. The van der Waals surface area contributed by atoms with E-state index < -0.39 is 26.9 Å². The monoisotopic (exact) mass is 363 g/mol. The van der Waals surface area contributed by atoms with Crippen molar-refractivity contribution in [2.75, 3.05) is 6.54 Å². The van der Waals surface area contributed by atoms with E-state index in [1.165, 1.54) is 25.1 Å². The summed E-state index contributed by atoms with van der Waals surface area (Å²) in [6.45, 7) is 1.51. The molecule has 1 atom stereocenters. The van der Waals surface area contributed by atoms with Crippen molar-refractivity contribution < 1.29 is 18.0 Å². The van der Waals surface area contributed by atoms with E-state index in [1.54, 1.807) is 0 Å². The summed E-state index contributed by atoms with van der Waals surface area (Å²) in [6.07, 6.45) is 1.34. The molecule has 22 heavy (non-hydrogen) atoms. The molecule has 0 spiro atoms. The van der Waals surface area contributed by atoms with Gasteiger partial charge in [-0.1, -0.05) is 23.2 Å². The van der Waals surface area contributed by atoms with Gasteiger partial charge < -0.3 is 0 Å². The lowest BCUT2D eigenvalue weighted by atomic mass is 10.2. The first-order valence-electron chi connectivity index (χ1n) is 6.76. The van der Waals surface area contributed by atoms with Crippen LogP contribution >= 0.6 is 23.2 Å². The van der Waals surface area contributed by atoms with Crippen molar-refractivity contribution in [2.24, 2.45) is 0 Å². The second kappa shape index (κ2) is 6.56. The molecule has 1 fully saturated rings. The Morgan fingerprint density at radius 2 is 1.91 bits per heavy atom. The van der Waals surface area contributed by atoms with Crippen molar-refractivity contribution in [2.45, 2.75) is 36.3 Å². The zero-order valence-electron chi connectivity index (χ0n) is 11.9. The maximum Gasteiger partial charge on any atom is 0.247 e. The molecule has 1 aliphatic heterocycles. The molecule has 2 amide bonds. The zero-order valence-corrected chi connectivity index (χ0v) is 14.2. The van der Waals surface area contributed by atoms with E-state index in [-0.39, 0.29) is 27.9 Å². The van der Waals surface area contributed by atoms with Gasteiger partial charge in [-0.15, -0.1) is 0 Å². The first kappa shape index (κ1) is 17.2. The molecule has 0 aliphatic carbocycles. The van der Waals surface area contributed by atoms with Gasteiger partial charge in [0.25, 0.3) is 0 Å². The molecule has 1 aliphatic rings. The number of imide groups is 1. The highest BCUT2D eigenvalue weighted by Gasteiger charge is 2.39. The van der Waals surface area contributed by atoms with Crippen LogP contribution in [0.25, 0.3) is 0 Å². The summed E-state index contributed by atoms with van der Waals surface area (Å²) in [5, 5.41) is -0.929. The molecule has 0 saturated carbocycles. The molecule has 1 heterocycles. The molecule has 1 aromatic rings. The van der Waals surface area contributed by atoms with Crippen molar-refractivity contribution in [1.82, 2.24) is 4.90 Å². The van der Waals surface area contributed by atoms with Gasteiger partial charge >= 0.3 is 0 Å². The van der Waals surface area contributed by atoms with Gasteiger partial charge in [-0.2, -0.15) is 0 Å². The molecular formula is C14H15Cl2NO4S. The van der Waals surface area contributed by atoms with Gasteiger partial charge in [0.2, 0.25) is 11.8 Å². The largest absolute Gasteiger partial charge is 0.282 e. The molecule has 1 unspecified atom stereocenters. The first-order valence-corrected chi connectivity index (χ1v) is 9.06. The topological polar surface area (TPSA) is 71.5 Å². The summed E-state index contributed by atoms with van der Waals surface area (Å²) in [4.78, 5) is 24.9. The second-order valence-corrected chi connectivity index (χ2v) is 8.06. The second-order valence-electron chi connectivity index (χ2n) is 5.11. The number of rotatable bonds is 2. The van der Waals surface area contributed by atoms with Gasteiger partial charge in [0.1, 0.15) is 5.25 Å². The fraction of sp³-hybridized carbons (Fsp3) is 0.429. The third-order valence-electron chi connectivity index (χ3n) is 3.61. The van der Waals surface area contributed by atoms with Crippen LogP contribution in [0.5, 0.6) is 0 Å². The Bertz CT molecular complexity index is 718. The van der Waals surface area contributed by atoms with Crippen molar-refractivity contribution in [3.05, 3.63) is 28.2 Å². The lowest BCUT2D eigenvalue weighted by Crippen LogP contribution is -2.44. The third-order valence-corrected chi connectivity index (χ3v) is 6.45. The molecule has 0 aromatic heterocycles. The molecule has 0 N–H and O–H groups in total. The van der Waals surface area contributed by atoms with E-state index >= 15 is 0 Å². The van der Waals surface area contributed by atoms with Gasteiger partial charge in [0.05, 0.1) is 14.9 Å². The molecule has 0 bridgehead atoms. The summed E-state index contributed by atoms with van der Waals surface area (Å²) in [5.41, 5.74) is 0. The minimum atomic E-state index is -3.93. The van der Waals surface area contributed by atoms with Crippen LogP contribution in [0.4, 0.5) is 0 Å². The number of hydrogen-bond acceptors (Lipinski definition) is 4. The van der Waals surface area contributed by atoms with Gasteiger partial charge in [0.15, 0.2) is 9.84 Å². The summed E-state index contributed by atoms with van der Waals surface area (Å²) < 4.78 is 25.4. The highest BCUT2D eigenvalue weighted by Crippen LogP contribution is 2.29. The van der Waals surface area contributed by atoms with Crippen LogP contribution in [-0.4, -0.2) is 36.9 Å². The van der Waals surface area contributed by atoms with E-state index in [0.717, 1.165) is 4.90 Å². The SMILES string of the molecule is CC(=O)N1CCCCC(S(=O)(=O)c2ccc(Cl)c(Cl)c2)C1=O. The van der Waals surface area contributed by atoms with Crippen molar-refractivity contribution in [3.8, 4) is 0 Å². The van der Waals surface area contributed by atoms with Gasteiger partial charge in [-0.3, -0.25) is 14.5 Å². The predicted molar refractivity (Wildman–Crippen MR) is 83.7 cm³/mol. The third kappa shape index (κ3) is 3.29. The predicted octanol–water partition coefficient (Wildman–Crippen LogP) is 2.69. The number of halogens is 2. The fourth-order valence-electron chi connectivity index (χ4n) is 2.43. The Balaban J connectivity index is 2.44. The van der Waals surface area contributed by atoms with Crippen LogP contribution in [0, 0.1) is 0 Å².